The molecule has 0 aromatic carbocycles. The fourth-order valence-electron chi connectivity index (χ4n) is 1.22. The second kappa shape index (κ2) is 7.17. The molecule has 1 amide bonds. The number of carbonyl (C=O) groups excluding carboxylic acids is 1. The average Bonchev–Trinajstić information content (AvgIpc) is 2.69. The molecule has 4 nitrogen and oxygen atoms in total. The van der Waals surface area contributed by atoms with E-state index in [9.17, 15) is 4.79 Å². The van der Waals surface area contributed by atoms with Gasteiger partial charge in [0.1, 0.15) is 5.60 Å². The highest BCUT2D eigenvalue weighted by Crippen LogP contribution is 2.20. The van der Waals surface area contributed by atoms with Gasteiger partial charge in [0, 0.05) is 23.9 Å². The summed E-state index contributed by atoms with van der Waals surface area (Å²) < 4.78 is 5.18. The van der Waals surface area contributed by atoms with Crippen molar-refractivity contribution >= 4 is 22.4 Å². The molecule has 1 aromatic rings. The van der Waals surface area contributed by atoms with Crippen molar-refractivity contribution in [2.45, 2.75) is 32.8 Å². The maximum absolute atomic E-state index is 11.6. The number of thiophene rings is 1. The van der Waals surface area contributed by atoms with Crippen molar-refractivity contribution in [2.75, 3.05) is 18.9 Å². The van der Waals surface area contributed by atoms with Gasteiger partial charge in [0.15, 0.2) is 0 Å². The number of rotatable bonds is 3. The maximum atomic E-state index is 11.6. The van der Waals surface area contributed by atoms with Gasteiger partial charge >= 0.3 is 6.09 Å². The summed E-state index contributed by atoms with van der Waals surface area (Å²) in [5, 5.41) is 8.39. The first-order chi connectivity index (χ1) is 8.90. The third-order valence-corrected chi connectivity index (χ3v) is 2.80. The molecule has 0 aliphatic heterocycles. The van der Waals surface area contributed by atoms with Crippen molar-refractivity contribution < 1.29 is 9.53 Å². The van der Waals surface area contributed by atoms with Gasteiger partial charge in [-0.05, 0) is 33.9 Å². The molecule has 5 heteroatoms. The molecule has 19 heavy (non-hydrogen) atoms. The number of amides is 1. The van der Waals surface area contributed by atoms with Gasteiger partial charge in [0.25, 0.3) is 0 Å². The summed E-state index contributed by atoms with van der Waals surface area (Å²) in [5.74, 6) is 6.11. The minimum atomic E-state index is -0.489. The number of hydrogen-bond acceptors (Lipinski definition) is 4. The van der Waals surface area contributed by atoms with E-state index < -0.39 is 11.7 Å². The standard InChI is InChI=1S/C14H20N2O2S/c1-14(2,3)18-13(17)16-12-9-11(10-19-12)7-5-6-8-15-4/h9-10,15H,6,8H2,1-4H3,(H,16,17). The highest BCUT2D eigenvalue weighted by atomic mass is 32.1. The van der Waals surface area contributed by atoms with Crippen LogP contribution in [0, 0.1) is 11.8 Å². The number of nitrogens with one attached hydrogen (secondary N) is 2. The first-order valence-electron chi connectivity index (χ1n) is 6.13. The van der Waals surface area contributed by atoms with Crippen molar-refractivity contribution in [1.82, 2.24) is 5.32 Å². The molecule has 0 aliphatic carbocycles. The summed E-state index contributed by atoms with van der Waals surface area (Å²) >= 11 is 1.44. The molecule has 0 spiro atoms. The molecular formula is C14H20N2O2S. The summed E-state index contributed by atoms with van der Waals surface area (Å²) in [7, 11) is 1.90. The highest BCUT2D eigenvalue weighted by molar-refractivity contribution is 7.14. The third-order valence-electron chi connectivity index (χ3n) is 1.96. The number of ether oxygens (including phenoxy) is 1. The molecule has 1 aromatic heterocycles. The van der Waals surface area contributed by atoms with Gasteiger partial charge in [-0.1, -0.05) is 11.8 Å². The maximum Gasteiger partial charge on any atom is 0.412 e. The summed E-state index contributed by atoms with van der Waals surface area (Å²) in [6.07, 6.45) is 0.366. The van der Waals surface area contributed by atoms with Crippen LogP contribution in [0.3, 0.4) is 0 Å². The Balaban J connectivity index is 2.50. The van der Waals surface area contributed by atoms with Crippen LogP contribution >= 0.6 is 11.3 Å². The minimum Gasteiger partial charge on any atom is -0.444 e. The predicted molar refractivity (Wildman–Crippen MR) is 79.6 cm³/mol. The van der Waals surface area contributed by atoms with E-state index in [2.05, 4.69) is 22.5 Å². The largest absolute Gasteiger partial charge is 0.444 e. The first kappa shape index (κ1) is 15.5. The quantitative estimate of drug-likeness (QED) is 0.661. The van der Waals surface area contributed by atoms with Crippen LogP contribution in [0.4, 0.5) is 9.80 Å². The highest BCUT2D eigenvalue weighted by Gasteiger charge is 2.16. The summed E-state index contributed by atoms with van der Waals surface area (Å²) in [5.41, 5.74) is 0.420. The van der Waals surface area contributed by atoms with E-state index in [4.69, 9.17) is 4.74 Å². The zero-order valence-corrected chi connectivity index (χ0v) is 12.6. The van der Waals surface area contributed by atoms with Gasteiger partial charge < -0.3 is 10.1 Å². The molecule has 0 fully saturated rings. The smallest absolute Gasteiger partial charge is 0.412 e. The average molecular weight is 280 g/mol. The van der Waals surface area contributed by atoms with Gasteiger partial charge in [0.05, 0.1) is 5.00 Å². The Morgan fingerprint density at radius 1 is 1.47 bits per heavy atom. The van der Waals surface area contributed by atoms with Gasteiger partial charge in [-0.25, -0.2) is 4.79 Å². The second-order valence-electron chi connectivity index (χ2n) is 4.98. The lowest BCUT2D eigenvalue weighted by atomic mass is 10.2. The second-order valence-corrected chi connectivity index (χ2v) is 5.89. The molecule has 1 rings (SSSR count). The topological polar surface area (TPSA) is 50.4 Å². The molecule has 0 saturated heterocycles. The molecule has 0 aliphatic rings. The SMILES string of the molecule is CNCCC#Cc1csc(NC(=O)OC(C)(C)C)c1. The van der Waals surface area contributed by atoms with E-state index in [-0.39, 0.29) is 0 Å². The summed E-state index contributed by atoms with van der Waals surface area (Å²) in [4.78, 5) is 11.6. The van der Waals surface area contributed by atoms with Crippen molar-refractivity contribution in [3.05, 3.63) is 17.0 Å². The Morgan fingerprint density at radius 2 is 2.21 bits per heavy atom. The van der Waals surface area contributed by atoms with E-state index >= 15 is 0 Å². The number of carbonyl (C=O) groups is 1. The third kappa shape index (κ3) is 6.85. The molecule has 1 heterocycles. The predicted octanol–water partition coefficient (Wildman–Crippen LogP) is 3.06. The van der Waals surface area contributed by atoms with Gasteiger partial charge in [-0.2, -0.15) is 0 Å². The fraction of sp³-hybridized carbons (Fsp3) is 0.500. The zero-order valence-electron chi connectivity index (χ0n) is 11.8. The van der Waals surface area contributed by atoms with E-state index in [0.717, 1.165) is 23.5 Å². The van der Waals surface area contributed by atoms with Crippen LogP contribution in [0.2, 0.25) is 0 Å². The molecule has 0 unspecified atom stereocenters. The molecule has 0 saturated carbocycles. The van der Waals surface area contributed by atoms with Crippen LogP contribution in [0.15, 0.2) is 11.4 Å². The number of hydrogen-bond donors (Lipinski definition) is 2. The lowest BCUT2D eigenvalue weighted by Crippen LogP contribution is -2.26. The lowest BCUT2D eigenvalue weighted by molar-refractivity contribution is 0.0636. The molecule has 0 bridgehead atoms. The van der Waals surface area contributed by atoms with Gasteiger partial charge in [0.2, 0.25) is 0 Å². The zero-order chi connectivity index (χ0) is 14.3. The Bertz CT molecular complexity index is 478. The Morgan fingerprint density at radius 3 is 2.84 bits per heavy atom. The van der Waals surface area contributed by atoms with Crippen LogP contribution in [0.5, 0.6) is 0 Å². The summed E-state index contributed by atoms with van der Waals surface area (Å²) in [6.45, 7) is 6.37. The van der Waals surface area contributed by atoms with E-state index in [1.54, 1.807) is 0 Å². The molecule has 0 atom stereocenters. The van der Waals surface area contributed by atoms with Crippen molar-refractivity contribution in [3.63, 3.8) is 0 Å². The van der Waals surface area contributed by atoms with Crippen LogP contribution in [0.1, 0.15) is 32.8 Å². The number of anilines is 1. The molecule has 104 valence electrons. The van der Waals surface area contributed by atoms with Crippen molar-refractivity contribution in [2.24, 2.45) is 0 Å². The van der Waals surface area contributed by atoms with Crippen molar-refractivity contribution in [3.8, 4) is 11.8 Å². The summed E-state index contributed by atoms with van der Waals surface area (Å²) in [6, 6.07) is 1.85. The minimum absolute atomic E-state index is 0.441. The molecule has 0 radical (unpaired) electrons. The monoisotopic (exact) mass is 280 g/mol. The Kier molecular flexibility index (Phi) is 5.87. The normalized spacial score (nSPS) is 10.5. The van der Waals surface area contributed by atoms with Crippen LogP contribution in [0.25, 0.3) is 0 Å². The van der Waals surface area contributed by atoms with E-state index in [1.807, 2.05) is 39.3 Å². The van der Waals surface area contributed by atoms with E-state index in [1.165, 1.54) is 11.3 Å². The Hall–Kier alpha value is -1.51. The van der Waals surface area contributed by atoms with Gasteiger partial charge in [-0.3, -0.25) is 5.32 Å². The van der Waals surface area contributed by atoms with E-state index in [0.29, 0.717) is 0 Å². The van der Waals surface area contributed by atoms with Crippen molar-refractivity contribution in [1.29, 1.82) is 0 Å². The fourth-order valence-corrected chi connectivity index (χ4v) is 1.94. The van der Waals surface area contributed by atoms with Crippen LogP contribution < -0.4 is 10.6 Å². The molecular weight excluding hydrogens is 260 g/mol. The first-order valence-corrected chi connectivity index (χ1v) is 7.00. The van der Waals surface area contributed by atoms with Crippen LogP contribution in [-0.4, -0.2) is 25.3 Å². The van der Waals surface area contributed by atoms with Crippen LogP contribution in [-0.2, 0) is 4.74 Å². The Labute approximate surface area is 118 Å². The lowest BCUT2D eigenvalue weighted by Gasteiger charge is -2.19. The van der Waals surface area contributed by atoms with Gasteiger partial charge in [-0.15, -0.1) is 11.3 Å². The molecule has 2 N–H and O–H groups in total.